The lowest BCUT2D eigenvalue weighted by Gasteiger charge is -2.14. The zero-order valence-corrected chi connectivity index (χ0v) is 12.2. The summed E-state index contributed by atoms with van der Waals surface area (Å²) in [6, 6.07) is 11.6. The molecule has 110 valence electrons. The molecule has 1 atom stereocenters. The maximum atomic E-state index is 11.5. The van der Waals surface area contributed by atoms with Gasteiger partial charge in [-0.15, -0.1) is 0 Å². The summed E-state index contributed by atoms with van der Waals surface area (Å²) < 4.78 is 5.19. The van der Waals surface area contributed by atoms with E-state index in [0.29, 0.717) is 18.7 Å². The summed E-state index contributed by atoms with van der Waals surface area (Å²) >= 11 is 0. The van der Waals surface area contributed by atoms with Crippen LogP contribution in [0.25, 0.3) is 0 Å². The SMILES string of the molecule is COc1ncccc1CC(Cc1ccc(C)cc1)C(=O)O. The summed E-state index contributed by atoms with van der Waals surface area (Å²) in [6.45, 7) is 2.01. The van der Waals surface area contributed by atoms with E-state index in [2.05, 4.69) is 4.98 Å². The van der Waals surface area contributed by atoms with Crippen molar-refractivity contribution in [2.75, 3.05) is 7.11 Å². The molecule has 1 aromatic carbocycles. The average Bonchev–Trinajstić information content (AvgIpc) is 2.49. The van der Waals surface area contributed by atoms with Gasteiger partial charge in [-0.05, 0) is 31.4 Å². The summed E-state index contributed by atoms with van der Waals surface area (Å²) in [4.78, 5) is 15.6. The van der Waals surface area contributed by atoms with E-state index in [0.717, 1.165) is 11.1 Å². The van der Waals surface area contributed by atoms with Gasteiger partial charge in [-0.25, -0.2) is 4.98 Å². The molecule has 4 nitrogen and oxygen atoms in total. The summed E-state index contributed by atoms with van der Waals surface area (Å²) in [5.74, 6) is -0.806. The van der Waals surface area contributed by atoms with Crippen molar-refractivity contribution in [2.24, 2.45) is 5.92 Å². The van der Waals surface area contributed by atoms with Gasteiger partial charge in [0.25, 0.3) is 0 Å². The number of carboxylic acids is 1. The number of methoxy groups -OCH3 is 1. The Morgan fingerprint density at radius 2 is 1.95 bits per heavy atom. The van der Waals surface area contributed by atoms with E-state index in [1.807, 2.05) is 37.3 Å². The van der Waals surface area contributed by atoms with Crippen LogP contribution in [0, 0.1) is 12.8 Å². The van der Waals surface area contributed by atoms with Crippen LogP contribution in [0.15, 0.2) is 42.6 Å². The Hall–Kier alpha value is -2.36. The molecule has 1 aromatic heterocycles. The molecule has 0 saturated heterocycles. The largest absolute Gasteiger partial charge is 0.481 e. The first kappa shape index (κ1) is 15.0. The van der Waals surface area contributed by atoms with Gasteiger partial charge in [0.2, 0.25) is 5.88 Å². The molecule has 4 heteroatoms. The molecule has 0 aliphatic carbocycles. The molecule has 1 unspecified atom stereocenters. The number of benzene rings is 1. The van der Waals surface area contributed by atoms with Crippen LogP contribution >= 0.6 is 0 Å². The number of nitrogens with zero attached hydrogens (tertiary/aromatic N) is 1. The maximum Gasteiger partial charge on any atom is 0.307 e. The van der Waals surface area contributed by atoms with Gasteiger partial charge in [0.15, 0.2) is 0 Å². The Morgan fingerprint density at radius 1 is 1.24 bits per heavy atom. The fourth-order valence-electron chi connectivity index (χ4n) is 2.28. The highest BCUT2D eigenvalue weighted by Crippen LogP contribution is 2.21. The van der Waals surface area contributed by atoms with Crippen molar-refractivity contribution in [3.8, 4) is 5.88 Å². The van der Waals surface area contributed by atoms with Crippen molar-refractivity contribution in [1.29, 1.82) is 0 Å². The third-order valence-electron chi connectivity index (χ3n) is 3.46. The molecule has 0 spiro atoms. The summed E-state index contributed by atoms with van der Waals surface area (Å²) in [7, 11) is 1.54. The van der Waals surface area contributed by atoms with Crippen molar-refractivity contribution in [3.05, 3.63) is 59.3 Å². The predicted molar refractivity (Wildman–Crippen MR) is 80.5 cm³/mol. The standard InChI is InChI=1S/C17H19NO3/c1-12-5-7-13(8-6-12)10-15(17(19)20)11-14-4-3-9-18-16(14)21-2/h3-9,15H,10-11H2,1-2H3,(H,19,20). The van der Waals surface area contributed by atoms with Gasteiger partial charge < -0.3 is 9.84 Å². The number of carbonyl (C=O) groups is 1. The van der Waals surface area contributed by atoms with Crippen molar-refractivity contribution >= 4 is 5.97 Å². The van der Waals surface area contributed by atoms with Crippen LogP contribution < -0.4 is 4.74 Å². The minimum atomic E-state index is -0.804. The molecule has 0 aliphatic rings. The van der Waals surface area contributed by atoms with E-state index < -0.39 is 11.9 Å². The van der Waals surface area contributed by atoms with Crippen LogP contribution in [0.1, 0.15) is 16.7 Å². The third-order valence-corrected chi connectivity index (χ3v) is 3.46. The Morgan fingerprint density at radius 3 is 2.57 bits per heavy atom. The van der Waals surface area contributed by atoms with Gasteiger partial charge in [-0.1, -0.05) is 35.9 Å². The Balaban J connectivity index is 2.16. The first-order valence-corrected chi connectivity index (χ1v) is 6.86. The van der Waals surface area contributed by atoms with Gasteiger partial charge in [-0.3, -0.25) is 4.79 Å². The molecule has 0 bridgehead atoms. The molecule has 0 saturated carbocycles. The van der Waals surface area contributed by atoms with Gasteiger partial charge in [-0.2, -0.15) is 0 Å². The van der Waals surface area contributed by atoms with Crippen LogP contribution in [0.3, 0.4) is 0 Å². The molecule has 1 heterocycles. The minimum absolute atomic E-state index is 0.403. The minimum Gasteiger partial charge on any atom is -0.481 e. The van der Waals surface area contributed by atoms with E-state index in [1.165, 1.54) is 5.56 Å². The first-order chi connectivity index (χ1) is 10.1. The first-order valence-electron chi connectivity index (χ1n) is 6.86. The Kier molecular flexibility index (Phi) is 4.93. The lowest BCUT2D eigenvalue weighted by Crippen LogP contribution is -2.19. The average molecular weight is 285 g/mol. The highest BCUT2D eigenvalue weighted by Gasteiger charge is 2.20. The molecule has 2 rings (SSSR count). The van der Waals surface area contributed by atoms with Crippen molar-refractivity contribution in [2.45, 2.75) is 19.8 Å². The molecule has 0 amide bonds. The number of ether oxygens (including phenoxy) is 1. The Labute approximate surface area is 124 Å². The van der Waals surface area contributed by atoms with Crippen LogP contribution in [0.4, 0.5) is 0 Å². The quantitative estimate of drug-likeness (QED) is 0.886. The van der Waals surface area contributed by atoms with Gasteiger partial charge in [0, 0.05) is 11.8 Å². The molecular weight excluding hydrogens is 266 g/mol. The van der Waals surface area contributed by atoms with E-state index in [4.69, 9.17) is 4.74 Å². The fourth-order valence-corrected chi connectivity index (χ4v) is 2.28. The van der Waals surface area contributed by atoms with Gasteiger partial charge in [0.1, 0.15) is 0 Å². The third kappa shape index (κ3) is 4.05. The summed E-state index contributed by atoms with van der Waals surface area (Å²) in [6.07, 6.45) is 2.53. The second-order valence-electron chi connectivity index (χ2n) is 5.10. The molecule has 0 fully saturated rings. The molecular formula is C17H19NO3. The van der Waals surface area contributed by atoms with Crippen molar-refractivity contribution in [1.82, 2.24) is 4.98 Å². The summed E-state index contributed by atoms with van der Waals surface area (Å²) in [5.41, 5.74) is 3.01. The number of aryl methyl sites for hydroxylation is 1. The van der Waals surface area contributed by atoms with Crippen LogP contribution in [0.2, 0.25) is 0 Å². The number of aromatic nitrogens is 1. The normalized spacial score (nSPS) is 11.9. The second-order valence-corrected chi connectivity index (χ2v) is 5.10. The zero-order valence-electron chi connectivity index (χ0n) is 12.2. The molecule has 2 aromatic rings. The highest BCUT2D eigenvalue weighted by atomic mass is 16.5. The van der Waals surface area contributed by atoms with Crippen molar-refractivity contribution < 1.29 is 14.6 Å². The number of hydrogen-bond acceptors (Lipinski definition) is 3. The number of hydrogen-bond donors (Lipinski definition) is 1. The molecule has 0 radical (unpaired) electrons. The van der Waals surface area contributed by atoms with Crippen LogP contribution in [0.5, 0.6) is 5.88 Å². The van der Waals surface area contributed by atoms with E-state index >= 15 is 0 Å². The zero-order chi connectivity index (χ0) is 15.2. The van der Waals surface area contributed by atoms with E-state index in [9.17, 15) is 9.90 Å². The monoisotopic (exact) mass is 285 g/mol. The molecule has 0 aliphatic heterocycles. The predicted octanol–water partition coefficient (Wildman–Crippen LogP) is 2.88. The fraction of sp³-hybridized carbons (Fsp3) is 0.294. The summed E-state index contributed by atoms with van der Waals surface area (Å²) in [5, 5.41) is 9.45. The second kappa shape index (κ2) is 6.88. The smallest absolute Gasteiger partial charge is 0.307 e. The number of pyridine rings is 1. The van der Waals surface area contributed by atoms with E-state index in [1.54, 1.807) is 19.4 Å². The van der Waals surface area contributed by atoms with Gasteiger partial charge >= 0.3 is 5.97 Å². The van der Waals surface area contributed by atoms with Gasteiger partial charge in [0.05, 0.1) is 13.0 Å². The maximum absolute atomic E-state index is 11.5. The van der Waals surface area contributed by atoms with Crippen LogP contribution in [-0.4, -0.2) is 23.2 Å². The molecule has 21 heavy (non-hydrogen) atoms. The number of rotatable bonds is 6. The Bertz CT molecular complexity index is 608. The lowest BCUT2D eigenvalue weighted by molar-refractivity contribution is -0.141. The lowest BCUT2D eigenvalue weighted by atomic mass is 9.92. The topological polar surface area (TPSA) is 59.4 Å². The van der Waals surface area contributed by atoms with Crippen LogP contribution in [-0.2, 0) is 17.6 Å². The molecule has 1 N–H and O–H groups in total. The van der Waals surface area contributed by atoms with Crippen molar-refractivity contribution in [3.63, 3.8) is 0 Å². The highest BCUT2D eigenvalue weighted by molar-refractivity contribution is 5.71. The number of carboxylic acid groups (broad SMARTS) is 1. The number of aliphatic carboxylic acids is 1. The van der Waals surface area contributed by atoms with E-state index in [-0.39, 0.29) is 0 Å².